The van der Waals surface area contributed by atoms with Crippen molar-refractivity contribution in [3.8, 4) is 0 Å². The van der Waals surface area contributed by atoms with E-state index in [1.165, 1.54) is 12.8 Å². The van der Waals surface area contributed by atoms with Crippen LogP contribution < -0.4 is 0 Å². The Balaban J connectivity index is 2.01. The van der Waals surface area contributed by atoms with Gasteiger partial charge in [0.1, 0.15) is 0 Å². The van der Waals surface area contributed by atoms with Crippen molar-refractivity contribution in [2.75, 3.05) is 0 Å². The number of carbonyl (C=O) groups is 1. The summed E-state index contributed by atoms with van der Waals surface area (Å²) < 4.78 is 1.15. The third-order valence-electron chi connectivity index (χ3n) is 3.72. The molecule has 1 heterocycles. The van der Waals surface area contributed by atoms with Gasteiger partial charge in [0.25, 0.3) is 0 Å². The summed E-state index contributed by atoms with van der Waals surface area (Å²) in [6.45, 7) is 0. The molecule has 98 valence electrons. The second kappa shape index (κ2) is 5.17. The van der Waals surface area contributed by atoms with Crippen LogP contribution in [0.4, 0.5) is 0 Å². The molecular formula is C16H16O2S. The predicted octanol–water partition coefficient (Wildman–Crippen LogP) is 4.56. The zero-order valence-electron chi connectivity index (χ0n) is 10.6. The Morgan fingerprint density at radius 3 is 2.68 bits per heavy atom. The number of carboxylic acids is 1. The van der Waals surface area contributed by atoms with Crippen molar-refractivity contribution in [3.63, 3.8) is 0 Å². The maximum absolute atomic E-state index is 11.5. The maximum Gasteiger partial charge on any atom is 0.336 e. The van der Waals surface area contributed by atoms with Crippen molar-refractivity contribution in [2.24, 2.45) is 5.92 Å². The van der Waals surface area contributed by atoms with Crippen LogP contribution in [0.1, 0.15) is 30.6 Å². The summed E-state index contributed by atoms with van der Waals surface area (Å²) in [5, 5.41) is 10.6. The molecule has 1 aromatic heterocycles. The lowest BCUT2D eigenvalue weighted by Gasteiger charge is -2.04. The van der Waals surface area contributed by atoms with Crippen LogP contribution in [0, 0.1) is 5.92 Å². The van der Waals surface area contributed by atoms with Gasteiger partial charge in [-0.3, -0.25) is 0 Å². The number of benzene rings is 1. The van der Waals surface area contributed by atoms with Crippen molar-refractivity contribution in [1.29, 1.82) is 0 Å². The number of hydrogen-bond acceptors (Lipinski definition) is 2. The fraction of sp³-hybridized carbons (Fsp3) is 0.312. The van der Waals surface area contributed by atoms with Gasteiger partial charge >= 0.3 is 5.97 Å². The molecule has 0 unspecified atom stereocenters. The van der Waals surface area contributed by atoms with Gasteiger partial charge in [-0.2, -0.15) is 0 Å². The molecule has 1 fully saturated rings. The van der Waals surface area contributed by atoms with E-state index in [0.29, 0.717) is 11.5 Å². The van der Waals surface area contributed by atoms with Gasteiger partial charge in [-0.15, -0.1) is 11.3 Å². The fourth-order valence-corrected chi connectivity index (χ4v) is 3.81. The largest absolute Gasteiger partial charge is 0.478 e. The average molecular weight is 272 g/mol. The summed E-state index contributed by atoms with van der Waals surface area (Å²) in [5.41, 5.74) is 0.480. The predicted molar refractivity (Wildman–Crippen MR) is 79.4 cm³/mol. The van der Waals surface area contributed by atoms with Crippen LogP contribution in [-0.2, 0) is 4.79 Å². The third kappa shape index (κ3) is 2.56. The number of rotatable bonds is 3. The molecule has 2 aromatic rings. The molecule has 2 nitrogen and oxygen atoms in total. The summed E-state index contributed by atoms with van der Waals surface area (Å²) in [4.78, 5) is 12.4. The molecule has 1 N–H and O–H groups in total. The van der Waals surface area contributed by atoms with Crippen LogP contribution in [0.15, 0.2) is 36.4 Å². The van der Waals surface area contributed by atoms with Gasteiger partial charge in [0, 0.05) is 9.58 Å². The Bertz CT molecular complexity index is 600. The molecule has 0 amide bonds. The molecule has 1 aromatic carbocycles. The van der Waals surface area contributed by atoms with Crippen molar-refractivity contribution in [3.05, 3.63) is 41.3 Å². The first-order chi connectivity index (χ1) is 9.24. The first-order valence-corrected chi connectivity index (χ1v) is 7.50. The lowest BCUT2D eigenvalue weighted by Crippen LogP contribution is -2.00. The lowest BCUT2D eigenvalue weighted by molar-refractivity contribution is -0.130. The molecule has 0 radical (unpaired) electrons. The minimum atomic E-state index is -0.807. The van der Waals surface area contributed by atoms with E-state index >= 15 is 0 Å². The number of carboxylic acid groups (broad SMARTS) is 1. The first kappa shape index (κ1) is 12.4. The highest BCUT2D eigenvalue weighted by Gasteiger charge is 2.19. The minimum absolute atomic E-state index is 0.441. The SMILES string of the molecule is O=C(O)C(=CC1CCCC1)c1cc2ccccc2s1. The number of hydrogen-bond donors (Lipinski definition) is 1. The molecule has 3 heteroatoms. The van der Waals surface area contributed by atoms with Crippen LogP contribution in [0.25, 0.3) is 15.7 Å². The van der Waals surface area contributed by atoms with Gasteiger partial charge in [-0.1, -0.05) is 37.1 Å². The van der Waals surface area contributed by atoms with E-state index in [-0.39, 0.29) is 0 Å². The van der Waals surface area contributed by atoms with Crippen molar-refractivity contribution in [2.45, 2.75) is 25.7 Å². The van der Waals surface area contributed by atoms with E-state index in [1.807, 2.05) is 36.4 Å². The number of aliphatic carboxylic acids is 1. The molecule has 19 heavy (non-hydrogen) atoms. The van der Waals surface area contributed by atoms with Crippen LogP contribution in [0.5, 0.6) is 0 Å². The molecule has 0 spiro atoms. The molecule has 0 bridgehead atoms. The quantitative estimate of drug-likeness (QED) is 0.832. The smallest absolute Gasteiger partial charge is 0.336 e. The van der Waals surface area contributed by atoms with Gasteiger partial charge in [-0.05, 0) is 36.3 Å². The number of thiophene rings is 1. The topological polar surface area (TPSA) is 37.3 Å². The van der Waals surface area contributed by atoms with Crippen molar-refractivity contribution in [1.82, 2.24) is 0 Å². The van der Waals surface area contributed by atoms with Gasteiger partial charge < -0.3 is 5.11 Å². The Hall–Kier alpha value is -1.61. The minimum Gasteiger partial charge on any atom is -0.478 e. The summed E-state index contributed by atoms with van der Waals surface area (Å²) in [6, 6.07) is 10.0. The van der Waals surface area contributed by atoms with Crippen LogP contribution >= 0.6 is 11.3 Å². The molecule has 0 atom stereocenters. The van der Waals surface area contributed by atoms with Gasteiger partial charge in [-0.25, -0.2) is 4.79 Å². The van der Waals surface area contributed by atoms with Crippen LogP contribution in [0.3, 0.4) is 0 Å². The third-order valence-corrected chi connectivity index (χ3v) is 4.87. The van der Waals surface area contributed by atoms with Crippen LogP contribution in [0.2, 0.25) is 0 Å². The van der Waals surface area contributed by atoms with E-state index in [0.717, 1.165) is 27.8 Å². The molecule has 3 rings (SSSR count). The zero-order valence-corrected chi connectivity index (χ0v) is 11.5. The highest BCUT2D eigenvalue weighted by atomic mass is 32.1. The molecule has 1 saturated carbocycles. The molecular weight excluding hydrogens is 256 g/mol. The first-order valence-electron chi connectivity index (χ1n) is 6.68. The molecule has 0 saturated heterocycles. The Morgan fingerprint density at radius 1 is 1.26 bits per heavy atom. The van der Waals surface area contributed by atoms with E-state index in [2.05, 4.69) is 0 Å². The summed E-state index contributed by atoms with van der Waals surface area (Å²) >= 11 is 1.57. The summed E-state index contributed by atoms with van der Waals surface area (Å²) in [5.74, 6) is -0.366. The van der Waals surface area contributed by atoms with Gasteiger partial charge in [0.05, 0.1) is 5.57 Å². The molecule has 0 aliphatic heterocycles. The average Bonchev–Trinajstić information content (AvgIpc) is 3.04. The Kier molecular flexibility index (Phi) is 3.38. The van der Waals surface area contributed by atoms with Gasteiger partial charge in [0.2, 0.25) is 0 Å². The van der Waals surface area contributed by atoms with E-state index in [4.69, 9.17) is 0 Å². The maximum atomic E-state index is 11.5. The number of fused-ring (bicyclic) bond motifs is 1. The van der Waals surface area contributed by atoms with Crippen molar-refractivity contribution >= 4 is 33.0 Å². The van der Waals surface area contributed by atoms with E-state index < -0.39 is 5.97 Å². The van der Waals surface area contributed by atoms with Crippen molar-refractivity contribution < 1.29 is 9.90 Å². The van der Waals surface area contributed by atoms with Gasteiger partial charge in [0.15, 0.2) is 0 Å². The fourth-order valence-electron chi connectivity index (χ4n) is 2.73. The Morgan fingerprint density at radius 2 is 2.00 bits per heavy atom. The second-order valence-corrected chi connectivity index (χ2v) is 6.16. The van der Waals surface area contributed by atoms with Crippen LogP contribution in [-0.4, -0.2) is 11.1 Å². The standard InChI is InChI=1S/C16H16O2S/c17-16(18)13(9-11-5-1-2-6-11)15-10-12-7-3-4-8-14(12)19-15/h3-4,7-11H,1-2,5-6H2,(H,17,18). The second-order valence-electron chi connectivity index (χ2n) is 5.08. The summed E-state index contributed by atoms with van der Waals surface area (Å²) in [6.07, 6.45) is 6.67. The Labute approximate surface area is 116 Å². The number of allylic oxidation sites excluding steroid dienone is 1. The van der Waals surface area contributed by atoms with E-state index in [1.54, 1.807) is 11.3 Å². The highest BCUT2D eigenvalue weighted by molar-refractivity contribution is 7.20. The summed E-state index contributed by atoms with van der Waals surface area (Å²) in [7, 11) is 0. The zero-order chi connectivity index (χ0) is 13.2. The molecule has 1 aliphatic carbocycles. The highest BCUT2D eigenvalue weighted by Crippen LogP contribution is 2.34. The normalized spacial score (nSPS) is 17.2. The molecule has 1 aliphatic rings. The lowest BCUT2D eigenvalue weighted by atomic mass is 10.0. The van der Waals surface area contributed by atoms with E-state index in [9.17, 15) is 9.90 Å². The monoisotopic (exact) mass is 272 g/mol.